The first-order valence-corrected chi connectivity index (χ1v) is 6.54. The summed E-state index contributed by atoms with van der Waals surface area (Å²) in [5.41, 5.74) is 0.661. The molecule has 0 bridgehead atoms. The SMILES string of the molecule is CCNC(=O)NC(=O)C(C)Nc1ccc(OC)c(Cl)c1. The maximum absolute atomic E-state index is 11.7. The number of methoxy groups -OCH3 is 1. The van der Waals surface area contributed by atoms with Crippen LogP contribution in [-0.4, -0.2) is 31.6 Å². The van der Waals surface area contributed by atoms with Crippen molar-refractivity contribution >= 4 is 29.2 Å². The largest absolute Gasteiger partial charge is 0.495 e. The number of urea groups is 1. The van der Waals surface area contributed by atoms with E-state index >= 15 is 0 Å². The molecule has 0 saturated carbocycles. The van der Waals surface area contributed by atoms with Gasteiger partial charge in [0.05, 0.1) is 12.1 Å². The van der Waals surface area contributed by atoms with Gasteiger partial charge >= 0.3 is 6.03 Å². The van der Waals surface area contributed by atoms with Crippen molar-refractivity contribution in [1.29, 1.82) is 0 Å². The number of amides is 3. The lowest BCUT2D eigenvalue weighted by Gasteiger charge is -2.15. The van der Waals surface area contributed by atoms with Gasteiger partial charge in [-0.15, -0.1) is 0 Å². The highest BCUT2D eigenvalue weighted by atomic mass is 35.5. The van der Waals surface area contributed by atoms with Crippen molar-refractivity contribution in [3.63, 3.8) is 0 Å². The van der Waals surface area contributed by atoms with Crippen LogP contribution in [-0.2, 0) is 4.79 Å². The van der Waals surface area contributed by atoms with E-state index in [9.17, 15) is 9.59 Å². The minimum Gasteiger partial charge on any atom is -0.495 e. The van der Waals surface area contributed by atoms with Crippen LogP contribution in [0.2, 0.25) is 5.02 Å². The van der Waals surface area contributed by atoms with Crippen LogP contribution in [0.1, 0.15) is 13.8 Å². The van der Waals surface area contributed by atoms with Crippen LogP contribution in [0.5, 0.6) is 5.75 Å². The average Bonchev–Trinajstić information content (AvgIpc) is 2.39. The predicted molar refractivity (Wildman–Crippen MR) is 78.3 cm³/mol. The number of benzene rings is 1. The van der Waals surface area contributed by atoms with Gasteiger partial charge in [0.1, 0.15) is 11.8 Å². The zero-order valence-electron chi connectivity index (χ0n) is 11.6. The molecule has 0 radical (unpaired) electrons. The molecule has 0 aliphatic heterocycles. The van der Waals surface area contributed by atoms with E-state index in [4.69, 9.17) is 16.3 Å². The van der Waals surface area contributed by atoms with Crippen molar-refractivity contribution in [2.45, 2.75) is 19.9 Å². The van der Waals surface area contributed by atoms with Gasteiger partial charge in [0.2, 0.25) is 5.91 Å². The zero-order valence-corrected chi connectivity index (χ0v) is 12.4. The third-order valence-corrected chi connectivity index (χ3v) is 2.80. The third-order valence-electron chi connectivity index (χ3n) is 2.50. The van der Waals surface area contributed by atoms with Gasteiger partial charge in [-0.1, -0.05) is 11.6 Å². The first kappa shape index (κ1) is 16.1. The second-order valence-corrected chi connectivity index (χ2v) is 4.47. The van der Waals surface area contributed by atoms with Crippen LogP contribution in [0.4, 0.5) is 10.5 Å². The third kappa shape index (κ3) is 4.62. The fourth-order valence-electron chi connectivity index (χ4n) is 1.50. The normalized spacial score (nSPS) is 11.4. The van der Waals surface area contributed by atoms with Crippen LogP contribution < -0.4 is 20.7 Å². The summed E-state index contributed by atoms with van der Waals surface area (Å²) in [7, 11) is 1.52. The summed E-state index contributed by atoms with van der Waals surface area (Å²) in [5, 5.41) is 8.10. The molecule has 7 heteroatoms. The molecule has 1 aromatic carbocycles. The molecule has 3 amide bonds. The maximum Gasteiger partial charge on any atom is 0.321 e. The van der Waals surface area contributed by atoms with Gasteiger partial charge in [-0.05, 0) is 32.0 Å². The van der Waals surface area contributed by atoms with Crippen molar-refractivity contribution < 1.29 is 14.3 Å². The number of hydrogen-bond donors (Lipinski definition) is 3. The molecule has 0 aliphatic carbocycles. The number of hydrogen-bond acceptors (Lipinski definition) is 4. The first-order valence-electron chi connectivity index (χ1n) is 6.16. The molecule has 110 valence electrons. The monoisotopic (exact) mass is 299 g/mol. The summed E-state index contributed by atoms with van der Waals surface area (Å²) in [6.45, 7) is 3.87. The average molecular weight is 300 g/mol. The Morgan fingerprint density at radius 2 is 2.10 bits per heavy atom. The van der Waals surface area contributed by atoms with Gasteiger partial charge < -0.3 is 15.4 Å². The smallest absolute Gasteiger partial charge is 0.321 e. The Bertz CT molecular complexity index is 494. The highest BCUT2D eigenvalue weighted by Gasteiger charge is 2.15. The lowest BCUT2D eigenvalue weighted by molar-refractivity contribution is -0.120. The van der Waals surface area contributed by atoms with Gasteiger partial charge in [-0.3, -0.25) is 10.1 Å². The number of rotatable bonds is 5. The molecule has 20 heavy (non-hydrogen) atoms. The minimum atomic E-state index is -0.581. The molecule has 0 aliphatic rings. The second-order valence-electron chi connectivity index (χ2n) is 4.06. The Morgan fingerprint density at radius 3 is 2.65 bits per heavy atom. The summed E-state index contributed by atoms with van der Waals surface area (Å²) in [5.74, 6) is 0.125. The molecule has 0 saturated heterocycles. The van der Waals surface area contributed by atoms with E-state index in [0.717, 1.165) is 0 Å². The van der Waals surface area contributed by atoms with E-state index < -0.39 is 18.0 Å². The Balaban J connectivity index is 2.61. The van der Waals surface area contributed by atoms with Gasteiger partial charge in [-0.2, -0.15) is 0 Å². The van der Waals surface area contributed by atoms with E-state index in [1.54, 1.807) is 32.0 Å². The van der Waals surface area contributed by atoms with Gasteiger partial charge in [-0.25, -0.2) is 4.79 Å². The second kappa shape index (κ2) is 7.59. The van der Waals surface area contributed by atoms with Crippen LogP contribution in [0.25, 0.3) is 0 Å². The van der Waals surface area contributed by atoms with Gasteiger partial charge in [0.15, 0.2) is 0 Å². The minimum absolute atomic E-state index is 0.428. The fourth-order valence-corrected chi connectivity index (χ4v) is 1.75. The molecular weight excluding hydrogens is 282 g/mol. The van der Waals surface area contributed by atoms with Crippen LogP contribution in [0.3, 0.4) is 0 Å². The lowest BCUT2D eigenvalue weighted by atomic mass is 10.2. The van der Waals surface area contributed by atoms with E-state index in [1.807, 2.05) is 0 Å². The maximum atomic E-state index is 11.7. The molecule has 1 unspecified atom stereocenters. The highest BCUT2D eigenvalue weighted by molar-refractivity contribution is 6.32. The molecule has 0 fully saturated rings. The number of nitrogens with one attached hydrogen (secondary N) is 3. The molecule has 1 rings (SSSR count). The Morgan fingerprint density at radius 1 is 1.40 bits per heavy atom. The first-order chi connectivity index (χ1) is 9.47. The van der Waals surface area contributed by atoms with Crippen LogP contribution >= 0.6 is 11.6 Å². The number of carbonyl (C=O) groups excluding carboxylic acids is 2. The molecule has 0 aromatic heterocycles. The molecule has 1 aromatic rings. The number of ether oxygens (including phenoxy) is 1. The zero-order chi connectivity index (χ0) is 15.1. The standard InChI is InChI=1S/C13H18ClN3O3/c1-4-15-13(19)17-12(18)8(2)16-9-5-6-11(20-3)10(14)7-9/h5-8,16H,4H2,1-3H3,(H2,15,17,18,19). The van der Waals surface area contributed by atoms with E-state index in [-0.39, 0.29) is 0 Å². The molecule has 1 atom stereocenters. The van der Waals surface area contributed by atoms with E-state index in [2.05, 4.69) is 16.0 Å². The van der Waals surface area contributed by atoms with E-state index in [0.29, 0.717) is 23.0 Å². The van der Waals surface area contributed by atoms with Crippen LogP contribution in [0, 0.1) is 0 Å². The number of carbonyl (C=O) groups is 2. The van der Waals surface area contributed by atoms with Crippen molar-refractivity contribution in [3.05, 3.63) is 23.2 Å². The number of imide groups is 1. The Labute approximate surface area is 122 Å². The summed E-state index contributed by atoms with van der Waals surface area (Å²) in [6.07, 6.45) is 0. The number of anilines is 1. The quantitative estimate of drug-likeness (QED) is 0.777. The lowest BCUT2D eigenvalue weighted by Crippen LogP contribution is -2.45. The van der Waals surface area contributed by atoms with Gasteiger partial charge in [0.25, 0.3) is 0 Å². The summed E-state index contributed by atoms with van der Waals surface area (Å²) in [4.78, 5) is 23.0. The number of halogens is 1. The van der Waals surface area contributed by atoms with Crippen molar-refractivity contribution in [2.75, 3.05) is 19.0 Å². The van der Waals surface area contributed by atoms with Crippen LogP contribution in [0.15, 0.2) is 18.2 Å². The topological polar surface area (TPSA) is 79.5 Å². The molecule has 6 nitrogen and oxygen atoms in total. The van der Waals surface area contributed by atoms with Gasteiger partial charge in [0, 0.05) is 12.2 Å². The predicted octanol–water partition coefficient (Wildman–Crippen LogP) is 1.99. The Hall–Kier alpha value is -1.95. The van der Waals surface area contributed by atoms with Crippen molar-refractivity contribution in [2.24, 2.45) is 0 Å². The summed E-state index contributed by atoms with van der Waals surface area (Å²) >= 11 is 5.99. The van der Waals surface area contributed by atoms with Crippen molar-refractivity contribution in [3.8, 4) is 5.75 Å². The molecule has 0 heterocycles. The fraction of sp³-hybridized carbons (Fsp3) is 0.385. The Kier molecular flexibility index (Phi) is 6.11. The summed E-state index contributed by atoms with van der Waals surface area (Å²) < 4.78 is 5.04. The molecule has 0 spiro atoms. The van der Waals surface area contributed by atoms with E-state index in [1.165, 1.54) is 7.11 Å². The summed E-state index contributed by atoms with van der Waals surface area (Å²) in [6, 6.07) is 3.98. The highest BCUT2D eigenvalue weighted by Crippen LogP contribution is 2.27. The molecule has 3 N–H and O–H groups in total. The molecular formula is C13H18ClN3O3. The van der Waals surface area contributed by atoms with Crippen molar-refractivity contribution in [1.82, 2.24) is 10.6 Å².